The van der Waals surface area contributed by atoms with Gasteiger partial charge in [0.15, 0.2) is 11.5 Å². The largest absolute Gasteiger partial charge is 0.481 e. The second-order valence-electron chi connectivity index (χ2n) is 4.73. The maximum Gasteiger partial charge on any atom is 0.303 e. The van der Waals surface area contributed by atoms with Crippen molar-refractivity contribution < 1.29 is 24.2 Å². The molecule has 3 N–H and O–H groups in total. The Morgan fingerprint density at radius 2 is 2.10 bits per heavy atom. The number of carbonyl (C=O) groups excluding carboxylic acids is 1. The van der Waals surface area contributed by atoms with Crippen molar-refractivity contribution in [3.63, 3.8) is 0 Å². The zero-order valence-corrected chi connectivity index (χ0v) is 11.4. The zero-order valence-electron chi connectivity index (χ0n) is 11.4. The summed E-state index contributed by atoms with van der Waals surface area (Å²) in [5, 5.41) is 20.4. The van der Waals surface area contributed by atoms with Gasteiger partial charge in [0.1, 0.15) is 5.60 Å². The van der Waals surface area contributed by atoms with E-state index in [9.17, 15) is 14.7 Å². The molecule has 108 valence electrons. The maximum atomic E-state index is 11.7. The van der Waals surface area contributed by atoms with E-state index in [0.717, 1.165) is 0 Å². The third-order valence-electron chi connectivity index (χ3n) is 2.17. The first-order chi connectivity index (χ1) is 9.28. The number of carboxylic acids is 1. The Morgan fingerprint density at radius 1 is 1.40 bits per heavy atom. The van der Waals surface area contributed by atoms with Crippen LogP contribution in [0.15, 0.2) is 16.5 Å². The van der Waals surface area contributed by atoms with Crippen LogP contribution in [-0.2, 0) is 4.79 Å². The number of aliphatic carboxylic acids is 1. The van der Waals surface area contributed by atoms with Gasteiger partial charge in [0.25, 0.3) is 5.91 Å². The predicted octanol–water partition coefficient (Wildman–Crippen LogP) is 0.997. The van der Waals surface area contributed by atoms with E-state index in [1.807, 2.05) is 0 Å². The molecule has 1 amide bonds. The van der Waals surface area contributed by atoms with E-state index < -0.39 is 17.5 Å². The SMILES string of the molecule is CC(C)(O)C#Cc1ccc(C(=O)NCCCC(=O)O)o1. The summed E-state index contributed by atoms with van der Waals surface area (Å²) in [5.41, 5.74) is -1.13. The first kappa shape index (κ1) is 15.8. The lowest BCUT2D eigenvalue weighted by Gasteiger charge is -2.05. The molecule has 0 unspecified atom stereocenters. The van der Waals surface area contributed by atoms with Crippen molar-refractivity contribution >= 4 is 11.9 Å². The molecular formula is C14H17NO5. The lowest BCUT2D eigenvalue weighted by atomic mass is 10.1. The molecular weight excluding hydrogens is 262 g/mol. The van der Waals surface area contributed by atoms with E-state index in [2.05, 4.69) is 17.2 Å². The molecule has 0 aliphatic rings. The first-order valence-electron chi connectivity index (χ1n) is 6.13. The first-order valence-corrected chi connectivity index (χ1v) is 6.13. The number of carboxylic acid groups (broad SMARTS) is 1. The van der Waals surface area contributed by atoms with Gasteiger partial charge in [0.2, 0.25) is 0 Å². The van der Waals surface area contributed by atoms with E-state index in [-0.39, 0.29) is 24.5 Å². The van der Waals surface area contributed by atoms with Crippen molar-refractivity contribution in [3.05, 3.63) is 23.7 Å². The van der Waals surface area contributed by atoms with Gasteiger partial charge < -0.3 is 19.9 Å². The molecule has 1 rings (SSSR count). The standard InChI is InChI=1S/C14H17NO5/c1-14(2,19)8-7-10-5-6-11(20-10)13(18)15-9-3-4-12(16)17/h5-6,19H,3-4,9H2,1-2H3,(H,15,18)(H,16,17). The van der Waals surface area contributed by atoms with Gasteiger partial charge in [0.05, 0.1) is 0 Å². The van der Waals surface area contributed by atoms with Crippen LogP contribution in [0, 0.1) is 11.8 Å². The molecule has 0 saturated heterocycles. The summed E-state index contributed by atoms with van der Waals surface area (Å²) in [7, 11) is 0. The second-order valence-corrected chi connectivity index (χ2v) is 4.73. The van der Waals surface area contributed by atoms with Gasteiger partial charge in [-0.25, -0.2) is 0 Å². The van der Waals surface area contributed by atoms with Crippen molar-refractivity contribution in [2.24, 2.45) is 0 Å². The molecule has 0 fully saturated rings. The highest BCUT2D eigenvalue weighted by molar-refractivity contribution is 5.91. The third kappa shape index (κ3) is 6.07. The molecule has 0 aromatic carbocycles. The summed E-state index contributed by atoms with van der Waals surface area (Å²) >= 11 is 0. The Kier molecular flexibility index (Phi) is 5.35. The molecule has 1 aromatic rings. The molecule has 20 heavy (non-hydrogen) atoms. The minimum absolute atomic E-state index is 0.000737. The van der Waals surface area contributed by atoms with Crippen molar-refractivity contribution in [1.29, 1.82) is 0 Å². The number of carbonyl (C=O) groups is 2. The third-order valence-corrected chi connectivity index (χ3v) is 2.17. The monoisotopic (exact) mass is 279 g/mol. The number of amides is 1. The van der Waals surface area contributed by atoms with Crippen molar-refractivity contribution in [2.45, 2.75) is 32.3 Å². The summed E-state index contributed by atoms with van der Waals surface area (Å²) in [6.07, 6.45) is 0.355. The molecule has 0 aliphatic carbocycles. The molecule has 1 aromatic heterocycles. The lowest BCUT2D eigenvalue weighted by molar-refractivity contribution is -0.137. The van der Waals surface area contributed by atoms with Crippen LogP contribution in [0.2, 0.25) is 0 Å². The van der Waals surface area contributed by atoms with Crippen LogP contribution in [0.5, 0.6) is 0 Å². The number of hydrogen-bond acceptors (Lipinski definition) is 4. The highest BCUT2D eigenvalue weighted by Crippen LogP contribution is 2.07. The highest BCUT2D eigenvalue weighted by atomic mass is 16.4. The molecule has 6 nitrogen and oxygen atoms in total. The minimum Gasteiger partial charge on any atom is -0.481 e. The fourth-order valence-corrected chi connectivity index (χ4v) is 1.27. The van der Waals surface area contributed by atoms with Gasteiger partial charge in [-0.05, 0) is 38.3 Å². The summed E-state index contributed by atoms with van der Waals surface area (Å²) in [6.45, 7) is 3.34. The average Bonchev–Trinajstić information content (AvgIpc) is 2.79. The van der Waals surface area contributed by atoms with Crippen molar-refractivity contribution in [1.82, 2.24) is 5.32 Å². The Bertz CT molecular complexity index is 542. The molecule has 0 spiro atoms. The molecule has 1 heterocycles. The Balaban J connectivity index is 2.52. The number of hydrogen-bond donors (Lipinski definition) is 3. The molecule has 0 saturated carbocycles. The molecule has 0 atom stereocenters. The van der Waals surface area contributed by atoms with Crippen molar-refractivity contribution in [2.75, 3.05) is 6.54 Å². The minimum atomic E-state index is -1.13. The van der Waals surface area contributed by atoms with Gasteiger partial charge in [-0.15, -0.1) is 0 Å². The quantitative estimate of drug-likeness (QED) is 0.551. The van der Waals surface area contributed by atoms with Gasteiger partial charge in [-0.3, -0.25) is 9.59 Å². The van der Waals surface area contributed by atoms with Crippen molar-refractivity contribution in [3.8, 4) is 11.8 Å². The summed E-state index contributed by atoms with van der Waals surface area (Å²) in [5.74, 6) is 4.24. The highest BCUT2D eigenvalue weighted by Gasteiger charge is 2.11. The van der Waals surface area contributed by atoms with Crippen LogP contribution in [0.4, 0.5) is 0 Å². The summed E-state index contributed by atoms with van der Waals surface area (Å²) in [4.78, 5) is 22.0. The Labute approximate surface area is 116 Å². The predicted molar refractivity (Wildman–Crippen MR) is 71.1 cm³/mol. The van der Waals surface area contributed by atoms with Crippen LogP contribution < -0.4 is 5.32 Å². The van der Waals surface area contributed by atoms with E-state index in [1.165, 1.54) is 12.1 Å². The van der Waals surface area contributed by atoms with E-state index >= 15 is 0 Å². The fraction of sp³-hybridized carbons (Fsp3) is 0.429. The lowest BCUT2D eigenvalue weighted by Crippen LogP contribution is -2.24. The van der Waals surface area contributed by atoms with Crippen LogP contribution in [0.25, 0.3) is 0 Å². The molecule has 0 bridgehead atoms. The summed E-state index contributed by atoms with van der Waals surface area (Å²) < 4.78 is 5.21. The van der Waals surface area contributed by atoms with Crippen LogP contribution in [0.3, 0.4) is 0 Å². The number of nitrogens with one attached hydrogen (secondary N) is 1. The van der Waals surface area contributed by atoms with Gasteiger partial charge >= 0.3 is 5.97 Å². The van der Waals surface area contributed by atoms with Crippen LogP contribution in [0.1, 0.15) is 43.0 Å². The van der Waals surface area contributed by atoms with Crippen LogP contribution >= 0.6 is 0 Å². The van der Waals surface area contributed by atoms with Gasteiger partial charge in [-0.2, -0.15) is 0 Å². The van der Waals surface area contributed by atoms with Gasteiger partial charge in [-0.1, -0.05) is 5.92 Å². The van der Waals surface area contributed by atoms with E-state index in [0.29, 0.717) is 6.42 Å². The normalized spacial score (nSPS) is 10.6. The number of furan rings is 1. The molecule has 6 heteroatoms. The van der Waals surface area contributed by atoms with Crippen LogP contribution in [-0.4, -0.2) is 34.2 Å². The maximum absolute atomic E-state index is 11.7. The topological polar surface area (TPSA) is 99.8 Å². The van der Waals surface area contributed by atoms with E-state index in [1.54, 1.807) is 13.8 Å². The summed E-state index contributed by atoms with van der Waals surface area (Å²) in [6, 6.07) is 3.01. The number of rotatable bonds is 5. The van der Waals surface area contributed by atoms with E-state index in [4.69, 9.17) is 9.52 Å². The average molecular weight is 279 g/mol. The molecule has 0 radical (unpaired) electrons. The number of aliphatic hydroxyl groups is 1. The molecule has 0 aliphatic heterocycles. The zero-order chi connectivity index (χ0) is 15.2. The smallest absolute Gasteiger partial charge is 0.303 e. The van der Waals surface area contributed by atoms with Gasteiger partial charge in [0, 0.05) is 13.0 Å². The Hall–Kier alpha value is -2.26. The fourth-order valence-electron chi connectivity index (χ4n) is 1.27. The Morgan fingerprint density at radius 3 is 2.70 bits per heavy atom. The second kappa shape index (κ2) is 6.78.